The number of rotatable bonds is 7. The smallest absolute Gasteiger partial charge is 0.267 e. The van der Waals surface area contributed by atoms with E-state index in [9.17, 15) is 13.2 Å². The molecule has 0 bridgehead atoms. The van der Waals surface area contributed by atoms with Crippen molar-refractivity contribution in [2.24, 2.45) is 5.16 Å². The Morgan fingerprint density at radius 3 is 2.48 bits per heavy atom. The molecule has 1 atom stereocenters. The molecular weight excluding hydrogens is 366 g/mol. The summed E-state index contributed by atoms with van der Waals surface area (Å²) in [6.07, 6.45) is 0.665. The molecule has 7 nitrogen and oxygen atoms in total. The number of carbonyl (C=O) groups excluding carboxylic acids is 1. The van der Waals surface area contributed by atoms with E-state index in [2.05, 4.69) is 10.5 Å². The maximum atomic E-state index is 12.3. The monoisotopic (exact) mass is 389 g/mol. The molecule has 0 saturated heterocycles. The van der Waals surface area contributed by atoms with E-state index in [0.29, 0.717) is 5.69 Å². The van der Waals surface area contributed by atoms with Crippen LogP contribution in [0.1, 0.15) is 18.1 Å². The number of nitrogens with zero attached hydrogens (tertiary/aromatic N) is 2. The Bertz CT molecular complexity index is 925. The van der Waals surface area contributed by atoms with Crippen LogP contribution in [0.15, 0.2) is 58.6 Å². The second-order valence-corrected chi connectivity index (χ2v) is 8.30. The van der Waals surface area contributed by atoms with Crippen molar-refractivity contribution in [3.63, 3.8) is 0 Å². The van der Waals surface area contributed by atoms with Gasteiger partial charge in [-0.25, -0.2) is 12.7 Å². The molecule has 0 saturated carbocycles. The average molecular weight is 389 g/mol. The normalized spacial score (nSPS) is 12.9. The van der Waals surface area contributed by atoms with Crippen LogP contribution in [0.2, 0.25) is 0 Å². The number of sulfonamides is 1. The van der Waals surface area contributed by atoms with E-state index >= 15 is 0 Å². The first-order chi connectivity index (χ1) is 12.7. The Morgan fingerprint density at radius 2 is 1.85 bits per heavy atom. The molecule has 0 fully saturated rings. The van der Waals surface area contributed by atoms with Gasteiger partial charge in [-0.05, 0) is 37.1 Å². The lowest BCUT2D eigenvalue weighted by Crippen LogP contribution is -2.27. The van der Waals surface area contributed by atoms with Gasteiger partial charge in [-0.2, -0.15) is 0 Å². The molecule has 0 radical (unpaired) electrons. The van der Waals surface area contributed by atoms with Crippen molar-refractivity contribution in [2.45, 2.75) is 24.8 Å². The number of oxime groups is 1. The van der Waals surface area contributed by atoms with Gasteiger partial charge in [-0.1, -0.05) is 41.6 Å². The summed E-state index contributed by atoms with van der Waals surface area (Å²) >= 11 is 0. The number of anilines is 1. The van der Waals surface area contributed by atoms with Crippen molar-refractivity contribution < 1.29 is 18.0 Å². The summed E-state index contributed by atoms with van der Waals surface area (Å²) in [5.74, 6) is -0.428. The van der Waals surface area contributed by atoms with Gasteiger partial charge in [-0.15, -0.1) is 0 Å². The molecular formula is C19H23N3O4S. The lowest BCUT2D eigenvalue weighted by Gasteiger charge is -2.15. The van der Waals surface area contributed by atoms with Crippen molar-refractivity contribution in [1.82, 2.24) is 4.31 Å². The summed E-state index contributed by atoms with van der Waals surface area (Å²) in [5, 5.41) is 6.51. The van der Waals surface area contributed by atoms with Gasteiger partial charge in [0.05, 0.1) is 11.1 Å². The summed E-state index contributed by atoms with van der Waals surface area (Å²) in [6.45, 7) is 3.34. The Morgan fingerprint density at radius 1 is 1.19 bits per heavy atom. The zero-order valence-electron chi connectivity index (χ0n) is 15.7. The highest BCUT2D eigenvalue weighted by atomic mass is 32.2. The summed E-state index contributed by atoms with van der Waals surface area (Å²) in [4.78, 5) is 17.6. The summed E-state index contributed by atoms with van der Waals surface area (Å²) in [5.41, 5.74) is 1.99. The second-order valence-electron chi connectivity index (χ2n) is 6.15. The molecule has 0 aliphatic heterocycles. The summed E-state index contributed by atoms with van der Waals surface area (Å²) in [7, 11) is -0.685. The molecule has 144 valence electrons. The number of aryl methyl sites for hydroxylation is 1. The largest absolute Gasteiger partial charge is 0.383 e. The van der Waals surface area contributed by atoms with E-state index in [-0.39, 0.29) is 4.90 Å². The van der Waals surface area contributed by atoms with E-state index in [4.69, 9.17) is 4.84 Å². The number of hydrogen-bond acceptors (Lipinski definition) is 5. The molecule has 27 heavy (non-hydrogen) atoms. The molecule has 2 aromatic rings. The Hall–Kier alpha value is -2.71. The van der Waals surface area contributed by atoms with Crippen LogP contribution in [0.5, 0.6) is 0 Å². The van der Waals surface area contributed by atoms with Crippen LogP contribution in [0.3, 0.4) is 0 Å². The number of carbonyl (C=O) groups is 1. The maximum Gasteiger partial charge on any atom is 0.267 e. The molecule has 1 amide bonds. The van der Waals surface area contributed by atoms with Gasteiger partial charge in [0.2, 0.25) is 16.1 Å². The highest BCUT2D eigenvalue weighted by Gasteiger charge is 2.20. The minimum absolute atomic E-state index is 0.101. The van der Waals surface area contributed by atoms with E-state index in [0.717, 1.165) is 15.4 Å². The highest BCUT2D eigenvalue weighted by molar-refractivity contribution is 7.89. The fourth-order valence-electron chi connectivity index (χ4n) is 2.11. The third kappa shape index (κ3) is 5.38. The van der Waals surface area contributed by atoms with Gasteiger partial charge in [0.15, 0.2) is 0 Å². The number of hydrogen-bond donors (Lipinski definition) is 1. The first-order valence-electron chi connectivity index (χ1n) is 8.30. The van der Waals surface area contributed by atoms with E-state index in [1.165, 1.54) is 32.4 Å². The van der Waals surface area contributed by atoms with Crippen molar-refractivity contribution in [2.75, 3.05) is 19.4 Å². The quantitative estimate of drug-likeness (QED) is 0.582. The van der Waals surface area contributed by atoms with Crippen LogP contribution in [0, 0.1) is 6.92 Å². The average Bonchev–Trinajstić information content (AvgIpc) is 2.64. The first-order valence-corrected chi connectivity index (χ1v) is 9.74. The zero-order chi connectivity index (χ0) is 20.0. The maximum absolute atomic E-state index is 12.3. The molecule has 2 aromatic carbocycles. The van der Waals surface area contributed by atoms with Crippen LogP contribution >= 0.6 is 0 Å². The molecule has 0 heterocycles. The van der Waals surface area contributed by atoms with Gasteiger partial charge in [0.1, 0.15) is 0 Å². The topological polar surface area (TPSA) is 88.1 Å². The van der Waals surface area contributed by atoms with E-state index in [1.54, 1.807) is 19.9 Å². The van der Waals surface area contributed by atoms with Crippen LogP contribution in [-0.4, -0.2) is 45.0 Å². The van der Waals surface area contributed by atoms with E-state index in [1.807, 2.05) is 30.3 Å². The highest BCUT2D eigenvalue weighted by Crippen LogP contribution is 2.22. The van der Waals surface area contributed by atoms with Gasteiger partial charge < -0.3 is 10.2 Å². The molecule has 1 unspecified atom stereocenters. The first kappa shape index (κ1) is 20.6. The third-order valence-corrected chi connectivity index (χ3v) is 5.65. The standard InChI is InChI=1S/C19H23N3O4S/c1-14-10-11-17(27(24,25)22(3)4)12-18(14)21-19(23)15(2)26-20-13-16-8-6-5-7-9-16/h5-13,15H,1-4H3,(H,21,23)/b20-13+. The lowest BCUT2D eigenvalue weighted by atomic mass is 10.2. The van der Waals surface area contributed by atoms with Crippen LogP contribution in [0.4, 0.5) is 5.69 Å². The molecule has 2 rings (SSSR count). The second kappa shape index (κ2) is 8.79. The zero-order valence-corrected chi connectivity index (χ0v) is 16.5. The molecule has 0 aliphatic rings. The van der Waals surface area contributed by atoms with Gasteiger partial charge in [-0.3, -0.25) is 4.79 Å². The van der Waals surface area contributed by atoms with Crippen LogP contribution in [-0.2, 0) is 19.7 Å². The van der Waals surface area contributed by atoms with Gasteiger partial charge >= 0.3 is 0 Å². The minimum atomic E-state index is -3.59. The summed E-state index contributed by atoms with van der Waals surface area (Å²) in [6, 6.07) is 13.9. The molecule has 0 spiro atoms. The van der Waals surface area contributed by atoms with Crippen molar-refractivity contribution >= 4 is 27.8 Å². The van der Waals surface area contributed by atoms with Crippen LogP contribution in [0.25, 0.3) is 0 Å². The Balaban J connectivity index is 2.07. The van der Waals surface area contributed by atoms with Crippen molar-refractivity contribution in [1.29, 1.82) is 0 Å². The Kier molecular flexibility index (Phi) is 6.70. The van der Waals surface area contributed by atoms with Crippen LogP contribution < -0.4 is 5.32 Å². The predicted octanol–water partition coefficient (Wildman–Crippen LogP) is 2.62. The molecule has 0 aromatic heterocycles. The molecule has 0 aliphatic carbocycles. The van der Waals surface area contributed by atoms with E-state index < -0.39 is 22.0 Å². The fourth-order valence-corrected chi connectivity index (χ4v) is 3.04. The third-order valence-electron chi connectivity index (χ3n) is 3.84. The fraction of sp³-hybridized carbons (Fsp3) is 0.263. The van der Waals surface area contributed by atoms with Gasteiger partial charge in [0.25, 0.3) is 5.91 Å². The predicted molar refractivity (Wildman–Crippen MR) is 105 cm³/mol. The van der Waals surface area contributed by atoms with Crippen molar-refractivity contribution in [3.8, 4) is 0 Å². The lowest BCUT2D eigenvalue weighted by molar-refractivity contribution is -0.126. The van der Waals surface area contributed by atoms with Gasteiger partial charge in [0, 0.05) is 19.8 Å². The number of benzene rings is 2. The Labute approximate surface area is 159 Å². The molecule has 1 N–H and O–H groups in total. The number of nitrogens with one attached hydrogen (secondary N) is 1. The molecule has 8 heteroatoms. The number of amides is 1. The summed E-state index contributed by atoms with van der Waals surface area (Å²) < 4.78 is 25.6. The SMILES string of the molecule is Cc1ccc(S(=O)(=O)N(C)C)cc1NC(=O)C(C)O/N=C/c1ccccc1. The van der Waals surface area contributed by atoms with Crippen molar-refractivity contribution in [3.05, 3.63) is 59.7 Å². The minimum Gasteiger partial charge on any atom is -0.383 e.